The average Bonchev–Trinajstić information content (AvgIpc) is 2.65. The third kappa shape index (κ3) is 6.31. The molecule has 28 heavy (non-hydrogen) atoms. The predicted octanol–water partition coefficient (Wildman–Crippen LogP) is 1.56. The lowest BCUT2D eigenvalue weighted by atomic mass is 10.0. The minimum Gasteiger partial charge on any atom is -0.452 e. The van der Waals surface area contributed by atoms with Crippen LogP contribution in [0, 0.1) is 0 Å². The number of carbonyl (C=O) groups is 3. The van der Waals surface area contributed by atoms with Crippen molar-refractivity contribution in [2.75, 3.05) is 12.9 Å². The van der Waals surface area contributed by atoms with Gasteiger partial charge in [0, 0.05) is 6.26 Å². The molecule has 148 valence electrons. The van der Waals surface area contributed by atoms with Gasteiger partial charge in [-0.2, -0.15) is 0 Å². The van der Waals surface area contributed by atoms with Crippen LogP contribution in [0.5, 0.6) is 0 Å². The summed E-state index contributed by atoms with van der Waals surface area (Å²) in [5.74, 6) is -1.57. The SMILES string of the molecule is CC(=O)C(Cc1ccccc1)NC(=O)COC(=O)c1ccc(S(C)(=O)=O)cc1. The fourth-order valence-electron chi connectivity index (χ4n) is 2.43. The van der Waals surface area contributed by atoms with E-state index in [4.69, 9.17) is 4.74 Å². The van der Waals surface area contributed by atoms with Crippen LogP contribution in [0.1, 0.15) is 22.8 Å². The first-order valence-electron chi connectivity index (χ1n) is 8.48. The highest BCUT2D eigenvalue weighted by molar-refractivity contribution is 7.90. The summed E-state index contributed by atoms with van der Waals surface area (Å²) in [7, 11) is -3.37. The van der Waals surface area contributed by atoms with Crippen molar-refractivity contribution in [3.63, 3.8) is 0 Å². The first-order valence-corrected chi connectivity index (χ1v) is 10.4. The number of ketones is 1. The Bertz CT molecular complexity index is 952. The lowest BCUT2D eigenvalue weighted by Crippen LogP contribution is -2.43. The van der Waals surface area contributed by atoms with Gasteiger partial charge in [0.2, 0.25) is 0 Å². The highest BCUT2D eigenvalue weighted by Crippen LogP contribution is 2.11. The lowest BCUT2D eigenvalue weighted by Gasteiger charge is -2.16. The Morgan fingerprint density at radius 2 is 1.61 bits per heavy atom. The minimum absolute atomic E-state index is 0.0759. The summed E-state index contributed by atoms with van der Waals surface area (Å²) in [6, 6.07) is 13.7. The van der Waals surface area contributed by atoms with E-state index < -0.39 is 34.4 Å². The number of sulfone groups is 1. The van der Waals surface area contributed by atoms with Crippen molar-refractivity contribution in [1.29, 1.82) is 0 Å². The van der Waals surface area contributed by atoms with E-state index >= 15 is 0 Å². The van der Waals surface area contributed by atoms with Crippen molar-refractivity contribution in [2.45, 2.75) is 24.3 Å². The summed E-state index contributed by atoms with van der Waals surface area (Å²) < 4.78 is 27.8. The zero-order chi connectivity index (χ0) is 20.7. The Labute approximate surface area is 163 Å². The molecule has 0 aliphatic heterocycles. The summed E-state index contributed by atoms with van der Waals surface area (Å²) in [5, 5.41) is 2.56. The van der Waals surface area contributed by atoms with Gasteiger partial charge in [0.15, 0.2) is 22.2 Å². The van der Waals surface area contributed by atoms with Gasteiger partial charge < -0.3 is 10.1 Å². The number of nitrogens with one attached hydrogen (secondary N) is 1. The van der Waals surface area contributed by atoms with Gasteiger partial charge in [0.1, 0.15) is 0 Å². The van der Waals surface area contributed by atoms with Gasteiger partial charge in [-0.3, -0.25) is 9.59 Å². The number of benzene rings is 2. The van der Waals surface area contributed by atoms with Crippen LogP contribution >= 0.6 is 0 Å². The van der Waals surface area contributed by atoms with Crippen molar-refractivity contribution in [1.82, 2.24) is 5.32 Å². The maximum atomic E-state index is 12.0. The molecule has 0 spiro atoms. The summed E-state index contributed by atoms with van der Waals surface area (Å²) in [4.78, 5) is 35.9. The monoisotopic (exact) mass is 403 g/mol. The van der Waals surface area contributed by atoms with E-state index in [2.05, 4.69) is 5.32 Å². The van der Waals surface area contributed by atoms with Gasteiger partial charge in [-0.25, -0.2) is 13.2 Å². The van der Waals surface area contributed by atoms with Crippen molar-refractivity contribution in [2.24, 2.45) is 0 Å². The maximum Gasteiger partial charge on any atom is 0.338 e. The van der Waals surface area contributed by atoms with E-state index in [-0.39, 0.29) is 16.2 Å². The molecule has 1 atom stereocenters. The smallest absolute Gasteiger partial charge is 0.338 e. The van der Waals surface area contributed by atoms with Crippen LogP contribution < -0.4 is 5.32 Å². The van der Waals surface area contributed by atoms with Crippen LogP contribution in [0.15, 0.2) is 59.5 Å². The number of hydrogen-bond acceptors (Lipinski definition) is 6. The summed E-state index contributed by atoms with van der Waals surface area (Å²) >= 11 is 0. The molecular weight excluding hydrogens is 382 g/mol. The molecule has 0 aliphatic rings. The first kappa shape index (κ1) is 21.3. The molecule has 8 heteroatoms. The fourth-order valence-corrected chi connectivity index (χ4v) is 3.07. The van der Waals surface area contributed by atoms with Crippen LogP contribution in [-0.4, -0.2) is 45.0 Å². The number of Topliss-reactive ketones (excluding diaryl/α,β-unsaturated/α-hetero) is 1. The molecule has 0 saturated heterocycles. The number of hydrogen-bond donors (Lipinski definition) is 1. The molecule has 1 unspecified atom stereocenters. The molecule has 1 N–H and O–H groups in total. The van der Waals surface area contributed by atoms with Gasteiger partial charge in [0.05, 0.1) is 16.5 Å². The third-order valence-corrected chi connectivity index (χ3v) is 5.09. The van der Waals surface area contributed by atoms with Gasteiger partial charge in [0.25, 0.3) is 5.91 Å². The zero-order valence-corrected chi connectivity index (χ0v) is 16.4. The lowest BCUT2D eigenvalue weighted by molar-refractivity contribution is -0.128. The van der Waals surface area contributed by atoms with Crippen LogP contribution in [0.4, 0.5) is 0 Å². The number of rotatable bonds is 8. The normalized spacial score (nSPS) is 12.1. The van der Waals surface area contributed by atoms with Gasteiger partial charge in [-0.1, -0.05) is 30.3 Å². The molecule has 0 aliphatic carbocycles. The predicted molar refractivity (Wildman–Crippen MR) is 103 cm³/mol. The number of carbonyl (C=O) groups excluding carboxylic acids is 3. The van der Waals surface area contributed by atoms with E-state index in [1.54, 1.807) is 0 Å². The molecule has 0 fully saturated rings. The maximum absolute atomic E-state index is 12.0. The molecule has 2 rings (SSSR count). The van der Waals surface area contributed by atoms with Crippen molar-refractivity contribution >= 4 is 27.5 Å². The Morgan fingerprint density at radius 3 is 2.14 bits per heavy atom. The average molecular weight is 403 g/mol. The summed E-state index contributed by atoms with van der Waals surface area (Å²) in [5.41, 5.74) is 1.01. The van der Waals surface area contributed by atoms with Crippen LogP contribution in [0.3, 0.4) is 0 Å². The standard InChI is InChI=1S/C20H21NO6S/c1-14(22)18(12-15-6-4-3-5-7-15)21-19(23)13-27-20(24)16-8-10-17(11-9-16)28(2,25)26/h3-11,18H,12-13H2,1-2H3,(H,21,23). The van der Waals surface area contributed by atoms with Gasteiger partial charge >= 0.3 is 5.97 Å². The molecule has 0 heterocycles. The van der Waals surface area contributed by atoms with E-state index in [9.17, 15) is 22.8 Å². The van der Waals surface area contributed by atoms with Crippen LogP contribution in [-0.2, 0) is 30.6 Å². The minimum atomic E-state index is -3.37. The zero-order valence-electron chi connectivity index (χ0n) is 15.5. The second-order valence-corrected chi connectivity index (χ2v) is 8.31. The molecule has 7 nitrogen and oxygen atoms in total. The van der Waals surface area contributed by atoms with E-state index in [0.717, 1.165) is 11.8 Å². The molecule has 0 radical (unpaired) electrons. The Morgan fingerprint density at radius 1 is 1.00 bits per heavy atom. The summed E-state index contributed by atoms with van der Waals surface area (Å²) in [6.45, 7) is 0.828. The molecular formula is C20H21NO6S. The highest BCUT2D eigenvalue weighted by Gasteiger charge is 2.19. The van der Waals surface area contributed by atoms with E-state index in [0.29, 0.717) is 6.42 Å². The largest absolute Gasteiger partial charge is 0.452 e. The van der Waals surface area contributed by atoms with Crippen LogP contribution in [0.2, 0.25) is 0 Å². The first-order chi connectivity index (χ1) is 13.2. The quantitative estimate of drug-likeness (QED) is 0.671. The molecule has 2 aromatic carbocycles. The second-order valence-electron chi connectivity index (χ2n) is 6.29. The van der Waals surface area contributed by atoms with Crippen molar-refractivity contribution in [3.05, 3.63) is 65.7 Å². The van der Waals surface area contributed by atoms with Gasteiger partial charge in [-0.05, 0) is 43.2 Å². The van der Waals surface area contributed by atoms with Crippen molar-refractivity contribution in [3.8, 4) is 0 Å². The molecule has 0 aromatic heterocycles. The van der Waals surface area contributed by atoms with Crippen LogP contribution in [0.25, 0.3) is 0 Å². The Balaban J connectivity index is 1.91. The molecule has 0 bridgehead atoms. The molecule has 1 amide bonds. The Kier molecular flexibility index (Phi) is 7.06. The number of ether oxygens (including phenoxy) is 1. The topological polar surface area (TPSA) is 107 Å². The summed E-state index contributed by atoms with van der Waals surface area (Å²) in [6.07, 6.45) is 1.40. The fraction of sp³-hybridized carbons (Fsp3) is 0.250. The van der Waals surface area contributed by atoms with E-state index in [1.807, 2.05) is 30.3 Å². The third-order valence-electron chi connectivity index (χ3n) is 3.96. The highest BCUT2D eigenvalue weighted by atomic mass is 32.2. The van der Waals surface area contributed by atoms with Crippen molar-refractivity contribution < 1.29 is 27.5 Å². The molecule has 2 aromatic rings. The number of esters is 1. The van der Waals surface area contributed by atoms with Gasteiger partial charge in [-0.15, -0.1) is 0 Å². The second kappa shape index (κ2) is 9.27. The van der Waals surface area contributed by atoms with E-state index in [1.165, 1.54) is 31.2 Å². The Hall–Kier alpha value is -3.00. The molecule has 0 saturated carbocycles. The number of amides is 1.